The Morgan fingerprint density at radius 2 is 1.83 bits per heavy atom. The monoisotopic (exact) mass is 582 g/mol. The van der Waals surface area contributed by atoms with E-state index in [9.17, 15) is 28.1 Å². The van der Waals surface area contributed by atoms with Crippen molar-refractivity contribution in [3.05, 3.63) is 68.2 Å². The number of aryl methyl sites for hydroxylation is 1. The predicted molar refractivity (Wildman–Crippen MR) is 142 cm³/mol. The summed E-state index contributed by atoms with van der Waals surface area (Å²) in [5.41, 5.74) is 0.904. The van der Waals surface area contributed by atoms with Crippen LogP contribution < -0.4 is 9.62 Å². The molecule has 0 radical (unpaired) electrons. The van der Waals surface area contributed by atoms with Gasteiger partial charge in [0.25, 0.3) is 5.69 Å². The van der Waals surface area contributed by atoms with Crippen molar-refractivity contribution in [3.8, 4) is 0 Å². The first-order valence-electron chi connectivity index (χ1n) is 11.3. The number of benzene rings is 2. The number of carbonyl (C=O) groups is 2. The Bertz CT molecular complexity index is 1240. The molecule has 2 aromatic carbocycles. The van der Waals surface area contributed by atoms with Crippen LogP contribution in [0.4, 0.5) is 11.4 Å². The molecule has 0 aliphatic carbocycles. The molecule has 0 saturated carbocycles. The van der Waals surface area contributed by atoms with Crippen LogP contribution in [0.15, 0.2) is 46.9 Å². The molecular weight excluding hydrogens is 552 g/mol. The number of nitro groups is 1. The van der Waals surface area contributed by atoms with Crippen molar-refractivity contribution in [2.45, 2.75) is 52.7 Å². The normalized spacial score (nSPS) is 12.9. The molecule has 0 heterocycles. The second-order valence-corrected chi connectivity index (χ2v) is 11.5. The molecule has 2 aromatic rings. The van der Waals surface area contributed by atoms with Crippen molar-refractivity contribution in [2.24, 2.45) is 0 Å². The average molecular weight is 584 g/mol. The Kier molecular flexibility index (Phi) is 10.00. The summed E-state index contributed by atoms with van der Waals surface area (Å²) in [6.45, 7) is 6.38. The lowest BCUT2D eigenvalue weighted by Crippen LogP contribution is -2.52. The summed E-state index contributed by atoms with van der Waals surface area (Å²) < 4.78 is 27.1. The first-order valence-corrected chi connectivity index (χ1v) is 14.0. The van der Waals surface area contributed by atoms with Crippen LogP contribution in [0, 0.1) is 17.0 Å². The minimum Gasteiger partial charge on any atom is -0.352 e. The predicted octanol–water partition coefficient (Wildman–Crippen LogP) is 3.76. The molecule has 0 unspecified atom stereocenters. The lowest BCUT2D eigenvalue weighted by Gasteiger charge is -2.32. The van der Waals surface area contributed by atoms with Gasteiger partial charge in [-0.05, 0) is 50.5 Å². The third-order valence-electron chi connectivity index (χ3n) is 5.76. The third kappa shape index (κ3) is 7.76. The van der Waals surface area contributed by atoms with Crippen LogP contribution in [0.5, 0.6) is 0 Å². The number of nitrogens with one attached hydrogen (secondary N) is 1. The fourth-order valence-corrected chi connectivity index (χ4v) is 4.80. The van der Waals surface area contributed by atoms with Crippen LogP contribution in [0.1, 0.15) is 38.3 Å². The van der Waals surface area contributed by atoms with Gasteiger partial charge in [-0.15, -0.1) is 0 Å². The van der Waals surface area contributed by atoms with Gasteiger partial charge in [0.2, 0.25) is 21.8 Å². The standard InChI is InChI=1S/C24H31BrN4O6S/c1-6-17(3)26-24(31)18(4)27(14-19-8-7-9-20(25)12-19)23(30)15-28(36(5,34)35)22-13-21(29(32)33)11-10-16(22)2/h7-13,17-18H,6,14-15H2,1-5H3,(H,26,31)/t17-,18+/m1/s1. The van der Waals surface area contributed by atoms with Crippen molar-refractivity contribution in [1.29, 1.82) is 0 Å². The van der Waals surface area contributed by atoms with Gasteiger partial charge < -0.3 is 10.2 Å². The lowest BCUT2D eigenvalue weighted by atomic mass is 10.1. The van der Waals surface area contributed by atoms with E-state index in [1.54, 1.807) is 32.0 Å². The number of anilines is 1. The molecule has 10 nitrogen and oxygen atoms in total. The largest absolute Gasteiger partial charge is 0.352 e. The van der Waals surface area contributed by atoms with E-state index in [0.717, 1.165) is 26.7 Å². The van der Waals surface area contributed by atoms with Crippen LogP contribution in [-0.2, 0) is 26.2 Å². The van der Waals surface area contributed by atoms with Gasteiger partial charge in [0.05, 0.1) is 16.9 Å². The highest BCUT2D eigenvalue weighted by atomic mass is 79.9. The molecule has 0 fully saturated rings. The minimum absolute atomic E-state index is 0.0270. The van der Waals surface area contributed by atoms with Crippen LogP contribution >= 0.6 is 15.9 Å². The lowest BCUT2D eigenvalue weighted by molar-refractivity contribution is -0.384. The van der Waals surface area contributed by atoms with Crippen LogP contribution in [0.2, 0.25) is 0 Å². The Labute approximate surface area is 220 Å². The van der Waals surface area contributed by atoms with Crippen molar-refractivity contribution in [2.75, 3.05) is 17.1 Å². The van der Waals surface area contributed by atoms with E-state index >= 15 is 0 Å². The van der Waals surface area contributed by atoms with E-state index in [1.807, 2.05) is 19.9 Å². The molecule has 0 bridgehead atoms. The highest BCUT2D eigenvalue weighted by Crippen LogP contribution is 2.28. The first-order chi connectivity index (χ1) is 16.7. The molecule has 0 aliphatic rings. The number of halogens is 1. The number of hydrogen-bond acceptors (Lipinski definition) is 6. The zero-order chi connectivity index (χ0) is 27.2. The van der Waals surface area contributed by atoms with Gasteiger partial charge in [-0.3, -0.25) is 24.0 Å². The van der Waals surface area contributed by atoms with E-state index in [4.69, 9.17) is 0 Å². The summed E-state index contributed by atoms with van der Waals surface area (Å²) in [5, 5.41) is 14.1. The van der Waals surface area contributed by atoms with E-state index in [-0.39, 0.29) is 29.9 Å². The van der Waals surface area contributed by atoms with E-state index in [2.05, 4.69) is 21.2 Å². The SMILES string of the molecule is CC[C@@H](C)NC(=O)[C@H](C)N(Cc1cccc(Br)c1)C(=O)CN(c1cc([N+](=O)[O-])ccc1C)S(C)(=O)=O. The van der Waals surface area contributed by atoms with E-state index in [0.29, 0.717) is 12.0 Å². The molecule has 2 rings (SSSR count). The van der Waals surface area contributed by atoms with Crippen LogP contribution in [0.25, 0.3) is 0 Å². The van der Waals surface area contributed by atoms with Crippen LogP contribution in [0.3, 0.4) is 0 Å². The maximum atomic E-state index is 13.6. The van der Waals surface area contributed by atoms with Gasteiger partial charge in [-0.25, -0.2) is 8.42 Å². The molecule has 0 spiro atoms. The zero-order valence-corrected chi connectivity index (χ0v) is 23.3. The molecule has 2 atom stereocenters. The highest BCUT2D eigenvalue weighted by molar-refractivity contribution is 9.10. The number of carbonyl (C=O) groups excluding carboxylic acids is 2. The van der Waals surface area contributed by atoms with Gasteiger partial charge in [-0.1, -0.05) is 41.1 Å². The molecule has 36 heavy (non-hydrogen) atoms. The quantitative estimate of drug-likeness (QED) is 0.317. The minimum atomic E-state index is -4.00. The fraction of sp³-hybridized carbons (Fsp3) is 0.417. The van der Waals surface area contributed by atoms with Gasteiger partial charge in [-0.2, -0.15) is 0 Å². The third-order valence-corrected chi connectivity index (χ3v) is 7.38. The molecular formula is C24H31BrN4O6S. The molecule has 196 valence electrons. The maximum Gasteiger partial charge on any atom is 0.271 e. The number of non-ortho nitro benzene ring substituents is 1. The second-order valence-electron chi connectivity index (χ2n) is 8.64. The Hall–Kier alpha value is -2.99. The summed E-state index contributed by atoms with van der Waals surface area (Å²) in [6.07, 6.45) is 1.63. The van der Waals surface area contributed by atoms with E-state index < -0.39 is 33.4 Å². The summed E-state index contributed by atoms with van der Waals surface area (Å²) >= 11 is 3.40. The van der Waals surface area contributed by atoms with Crippen molar-refractivity contribution < 1.29 is 22.9 Å². The number of amides is 2. The van der Waals surface area contributed by atoms with Crippen molar-refractivity contribution in [3.63, 3.8) is 0 Å². The van der Waals surface area contributed by atoms with Crippen molar-refractivity contribution in [1.82, 2.24) is 10.2 Å². The van der Waals surface area contributed by atoms with Gasteiger partial charge in [0.1, 0.15) is 12.6 Å². The summed E-state index contributed by atoms with van der Waals surface area (Å²) in [5.74, 6) is -0.997. The fourth-order valence-electron chi connectivity index (χ4n) is 3.45. The molecule has 12 heteroatoms. The smallest absolute Gasteiger partial charge is 0.271 e. The van der Waals surface area contributed by atoms with Crippen molar-refractivity contribution >= 4 is 49.1 Å². The summed E-state index contributed by atoms with van der Waals surface area (Å²) in [4.78, 5) is 38.5. The van der Waals surface area contributed by atoms with Gasteiger partial charge in [0.15, 0.2) is 0 Å². The molecule has 0 aromatic heterocycles. The molecule has 1 N–H and O–H groups in total. The molecule has 0 aliphatic heterocycles. The Morgan fingerprint density at radius 3 is 2.39 bits per heavy atom. The number of hydrogen-bond donors (Lipinski definition) is 1. The first kappa shape index (κ1) is 29.2. The topological polar surface area (TPSA) is 130 Å². The second kappa shape index (κ2) is 12.3. The summed E-state index contributed by atoms with van der Waals surface area (Å²) in [6, 6.07) is 10.0. The van der Waals surface area contributed by atoms with Gasteiger partial charge in [0, 0.05) is 29.2 Å². The van der Waals surface area contributed by atoms with Gasteiger partial charge >= 0.3 is 0 Å². The Balaban J connectivity index is 2.48. The zero-order valence-electron chi connectivity index (χ0n) is 20.9. The number of nitro benzene ring substituents is 1. The maximum absolute atomic E-state index is 13.6. The molecule has 2 amide bonds. The molecule has 0 saturated heterocycles. The summed E-state index contributed by atoms with van der Waals surface area (Å²) in [7, 11) is -4.00. The number of sulfonamides is 1. The average Bonchev–Trinajstić information content (AvgIpc) is 2.80. The van der Waals surface area contributed by atoms with Crippen LogP contribution in [-0.4, -0.2) is 54.9 Å². The Morgan fingerprint density at radius 1 is 1.17 bits per heavy atom. The number of nitrogens with zero attached hydrogens (tertiary/aromatic N) is 3. The number of rotatable bonds is 11. The highest BCUT2D eigenvalue weighted by Gasteiger charge is 2.31. The van der Waals surface area contributed by atoms with E-state index in [1.165, 1.54) is 17.0 Å².